The van der Waals surface area contributed by atoms with Crippen LogP contribution in [-0.4, -0.2) is 32.1 Å². The van der Waals surface area contributed by atoms with Gasteiger partial charge in [0, 0.05) is 10.7 Å². The predicted molar refractivity (Wildman–Crippen MR) is 92.7 cm³/mol. The van der Waals surface area contributed by atoms with Crippen LogP contribution in [0.3, 0.4) is 0 Å². The number of aliphatic hydroxyl groups excluding tert-OH is 1. The van der Waals surface area contributed by atoms with Crippen LogP contribution in [0.4, 0.5) is 18.9 Å². The van der Waals surface area contributed by atoms with Crippen LogP contribution in [-0.2, 0) is 21.0 Å². The van der Waals surface area contributed by atoms with E-state index in [-0.39, 0.29) is 10.6 Å². The van der Waals surface area contributed by atoms with Crippen LogP contribution in [0.1, 0.15) is 5.56 Å². The van der Waals surface area contributed by atoms with Gasteiger partial charge in [-0.25, -0.2) is 8.42 Å². The molecule has 3 N–H and O–H groups in total. The number of carbonyl (C=O) groups is 1. The Hall–Kier alpha value is -2.14. The van der Waals surface area contributed by atoms with E-state index in [1.54, 1.807) is 0 Å². The number of hydrogen-bond donors (Lipinski definition) is 3. The van der Waals surface area contributed by atoms with Crippen LogP contribution in [0.15, 0.2) is 53.4 Å². The summed E-state index contributed by atoms with van der Waals surface area (Å²) in [7, 11) is -4.17. The molecule has 1 atom stereocenters. The van der Waals surface area contributed by atoms with Gasteiger partial charge in [-0.15, -0.1) is 0 Å². The second kappa shape index (κ2) is 8.26. The summed E-state index contributed by atoms with van der Waals surface area (Å²) in [6.07, 6.45) is -4.60. The maximum Gasteiger partial charge on any atom is 0.416 e. The van der Waals surface area contributed by atoms with Crippen molar-refractivity contribution in [1.29, 1.82) is 0 Å². The number of nitrogens with one attached hydrogen (secondary N) is 2. The minimum Gasteiger partial charge on any atom is -0.394 e. The third-order valence-corrected chi connectivity index (χ3v) is 5.12. The van der Waals surface area contributed by atoms with Crippen molar-refractivity contribution in [1.82, 2.24) is 4.72 Å². The Morgan fingerprint density at radius 1 is 1.15 bits per heavy atom. The summed E-state index contributed by atoms with van der Waals surface area (Å²) in [6, 6.07) is 7.25. The van der Waals surface area contributed by atoms with Crippen molar-refractivity contribution in [3.63, 3.8) is 0 Å². The normalized spacial score (nSPS) is 13.2. The number of halogens is 4. The summed E-state index contributed by atoms with van der Waals surface area (Å²) < 4.78 is 64.7. The maximum atomic E-state index is 12.7. The second-order valence-electron chi connectivity index (χ2n) is 5.38. The topological polar surface area (TPSA) is 95.5 Å². The Bertz CT molecular complexity index is 918. The second-order valence-corrected chi connectivity index (χ2v) is 7.53. The number of sulfonamides is 1. The molecule has 1 unspecified atom stereocenters. The fraction of sp³-hybridized carbons (Fsp3) is 0.188. The first-order valence-electron chi connectivity index (χ1n) is 7.40. The predicted octanol–water partition coefficient (Wildman–Crippen LogP) is 2.64. The number of alkyl halides is 3. The lowest BCUT2D eigenvalue weighted by Gasteiger charge is -2.17. The molecule has 146 valence electrons. The van der Waals surface area contributed by atoms with Crippen molar-refractivity contribution in [2.45, 2.75) is 17.1 Å². The summed E-state index contributed by atoms with van der Waals surface area (Å²) in [4.78, 5) is 12.0. The van der Waals surface area contributed by atoms with Gasteiger partial charge in [0.25, 0.3) is 0 Å². The van der Waals surface area contributed by atoms with E-state index in [0.29, 0.717) is 11.1 Å². The molecule has 0 spiro atoms. The van der Waals surface area contributed by atoms with Gasteiger partial charge in [0.15, 0.2) is 0 Å². The molecule has 1 amide bonds. The van der Waals surface area contributed by atoms with Crippen molar-refractivity contribution in [3.05, 3.63) is 59.1 Å². The van der Waals surface area contributed by atoms with Crippen LogP contribution in [0.2, 0.25) is 5.02 Å². The number of benzene rings is 2. The number of amides is 1. The molecule has 0 saturated heterocycles. The Morgan fingerprint density at radius 3 is 2.33 bits per heavy atom. The van der Waals surface area contributed by atoms with Gasteiger partial charge in [0.05, 0.1) is 17.1 Å². The van der Waals surface area contributed by atoms with Gasteiger partial charge in [-0.3, -0.25) is 4.79 Å². The highest BCUT2D eigenvalue weighted by atomic mass is 35.5. The van der Waals surface area contributed by atoms with Crippen molar-refractivity contribution < 1.29 is 31.5 Å². The standard InChI is InChI=1S/C16H14ClF3N2O4S/c17-11-4-6-13(7-5-11)27(25,26)22-14(9-23)15(24)21-12-3-1-2-10(8-12)16(18,19)20/h1-8,14,22-23H,9H2,(H,21,24). The molecule has 0 aromatic heterocycles. The van der Waals surface area contributed by atoms with E-state index >= 15 is 0 Å². The van der Waals surface area contributed by atoms with E-state index in [1.165, 1.54) is 30.3 Å². The monoisotopic (exact) mass is 422 g/mol. The first-order valence-corrected chi connectivity index (χ1v) is 9.26. The summed E-state index contributed by atoms with van der Waals surface area (Å²) >= 11 is 5.68. The summed E-state index contributed by atoms with van der Waals surface area (Å²) in [6.45, 7) is -0.905. The van der Waals surface area contributed by atoms with Crippen molar-refractivity contribution in [2.24, 2.45) is 0 Å². The lowest BCUT2D eigenvalue weighted by molar-refractivity contribution is -0.137. The zero-order valence-corrected chi connectivity index (χ0v) is 15.1. The van der Waals surface area contributed by atoms with Gasteiger partial charge >= 0.3 is 6.18 Å². The summed E-state index contributed by atoms with van der Waals surface area (Å²) in [5.41, 5.74) is -1.18. The first kappa shape index (κ1) is 21.2. The van der Waals surface area contributed by atoms with Crippen molar-refractivity contribution >= 4 is 33.2 Å². The molecule has 2 aromatic rings. The SMILES string of the molecule is O=C(Nc1cccc(C(F)(F)F)c1)C(CO)NS(=O)(=O)c1ccc(Cl)cc1. The van der Waals surface area contributed by atoms with Crippen LogP contribution in [0, 0.1) is 0 Å². The fourth-order valence-corrected chi connectivity index (χ4v) is 3.36. The number of anilines is 1. The molecule has 0 fully saturated rings. The molecule has 6 nitrogen and oxygen atoms in total. The Balaban J connectivity index is 2.15. The number of hydrogen-bond acceptors (Lipinski definition) is 4. The summed E-state index contributed by atoms with van der Waals surface area (Å²) in [5.74, 6) is -1.02. The molecule has 0 bridgehead atoms. The summed E-state index contributed by atoms with van der Waals surface area (Å²) in [5, 5.41) is 11.8. The lowest BCUT2D eigenvalue weighted by atomic mass is 10.2. The van der Waals surface area contributed by atoms with E-state index in [0.717, 1.165) is 12.1 Å². The minimum absolute atomic E-state index is 0.195. The highest BCUT2D eigenvalue weighted by molar-refractivity contribution is 7.89. The van der Waals surface area contributed by atoms with Gasteiger partial charge in [-0.05, 0) is 42.5 Å². The molecule has 2 aromatic carbocycles. The van der Waals surface area contributed by atoms with Gasteiger partial charge in [-0.1, -0.05) is 17.7 Å². The quantitative estimate of drug-likeness (QED) is 0.667. The molecule has 2 rings (SSSR count). The third-order valence-electron chi connectivity index (χ3n) is 3.38. The number of carbonyl (C=O) groups excluding carboxylic acids is 1. The zero-order chi connectivity index (χ0) is 20.2. The van der Waals surface area contributed by atoms with Gasteiger partial charge < -0.3 is 10.4 Å². The van der Waals surface area contributed by atoms with Gasteiger partial charge in [-0.2, -0.15) is 17.9 Å². The largest absolute Gasteiger partial charge is 0.416 e. The highest BCUT2D eigenvalue weighted by Gasteiger charge is 2.31. The van der Waals surface area contributed by atoms with Crippen molar-refractivity contribution in [3.8, 4) is 0 Å². The average Bonchev–Trinajstić information content (AvgIpc) is 2.59. The maximum absolute atomic E-state index is 12.7. The fourth-order valence-electron chi connectivity index (χ4n) is 2.05. The van der Waals surface area contributed by atoms with E-state index < -0.39 is 40.3 Å². The Kier molecular flexibility index (Phi) is 6.47. The van der Waals surface area contributed by atoms with Gasteiger partial charge in [0.2, 0.25) is 15.9 Å². The molecule has 0 aliphatic carbocycles. The Labute approximate surface area is 158 Å². The van der Waals surface area contributed by atoms with Crippen LogP contribution in [0.25, 0.3) is 0 Å². The van der Waals surface area contributed by atoms with E-state index in [2.05, 4.69) is 5.32 Å². The number of aliphatic hydroxyl groups is 1. The van der Waals surface area contributed by atoms with Crippen molar-refractivity contribution in [2.75, 3.05) is 11.9 Å². The van der Waals surface area contributed by atoms with E-state index in [4.69, 9.17) is 11.6 Å². The molecule has 27 heavy (non-hydrogen) atoms. The molecular weight excluding hydrogens is 409 g/mol. The smallest absolute Gasteiger partial charge is 0.394 e. The molecule has 0 heterocycles. The first-order chi connectivity index (χ1) is 12.5. The van der Waals surface area contributed by atoms with Crippen LogP contribution < -0.4 is 10.0 Å². The highest BCUT2D eigenvalue weighted by Crippen LogP contribution is 2.30. The minimum atomic E-state index is -4.60. The molecule has 0 radical (unpaired) electrons. The molecule has 11 heteroatoms. The number of rotatable bonds is 6. The molecule has 0 aliphatic rings. The average molecular weight is 423 g/mol. The van der Waals surface area contributed by atoms with Gasteiger partial charge in [0.1, 0.15) is 6.04 Å². The zero-order valence-electron chi connectivity index (χ0n) is 13.5. The van der Waals surface area contributed by atoms with E-state index in [1.807, 2.05) is 4.72 Å². The third kappa shape index (κ3) is 5.67. The van der Waals surface area contributed by atoms with E-state index in [9.17, 15) is 31.5 Å². The Morgan fingerprint density at radius 2 is 1.78 bits per heavy atom. The molecular formula is C16H14ClF3N2O4S. The molecule has 0 saturated carbocycles. The van der Waals surface area contributed by atoms with Crippen LogP contribution in [0.5, 0.6) is 0 Å². The lowest BCUT2D eigenvalue weighted by Crippen LogP contribution is -2.46. The molecule has 0 aliphatic heterocycles. The van der Waals surface area contributed by atoms with Crippen LogP contribution >= 0.6 is 11.6 Å².